The van der Waals surface area contributed by atoms with Gasteiger partial charge in [-0.15, -0.1) is 11.3 Å². The molecule has 0 bridgehead atoms. The minimum absolute atomic E-state index is 0.0711. The van der Waals surface area contributed by atoms with Gasteiger partial charge in [-0.05, 0) is 36.4 Å². The molecule has 0 unspecified atom stereocenters. The number of amides is 1. The van der Waals surface area contributed by atoms with Crippen LogP contribution in [0.5, 0.6) is 0 Å². The number of anilines is 1. The SMILES string of the molecule is O=C(c1cccnc1N1CCCC1)N1CCN(S(=O)(=O)c2cccs2)CC1. The molecule has 1 amide bonds. The zero-order chi connectivity index (χ0) is 18.9. The number of hydrogen-bond acceptors (Lipinski definition) is 6. The lowest BCUT2D eigenvalue weighted by Gasteiger charge is -2.34. The van der Waals surface area contributed by atoms with Crippen molar-refractivity contribution in [3.63, 3.8) is 0 Å². The highest BCUT2D eigenvalue weighted by molar-refractivity contribution is 7.91. The lowest BCUT2D eigenvalue weighted by molar-refractivity contribution is 0.0698. The summed E-state index contributed by atoms with van der Waals surface area (Å²) in [6.45, 7) is 3.24. The molecule has 27 heavy (non-hydrogen) atoms. The van der Waals surface area contributed by atoms with Crippen LogP contribution in [-0.2, 0) is 10.0 Å². The van der Waals surface area contributed by atoms with E-state index in [9.17, 15) is 13.2 Å². The van der Waals surface area contributed by atoms with Crippen molar-refractivity contribution < 1.29 is 13.2 Å². The summed E-state index contributed by atoms with van der Waals surface area (Å²) < 4.78 is 27.1. The van der Waals surface area contributed by atoms with Gasteiger partial charge in [-0.3, -0.25) is 4.79 Å². The van der Waals surface area contributed by atoms with E-state index in [4.69, 9.17) is 0 Å². The van der Waals surface area contributed by atoms with Gasteiger partial charge < -0.3 is 9.80 Å². The van der Waals surface area contributed by atoms with Crippen molar-refractivity contribution in [2.45, 2.75) is 17.1 Å². The number of carbonyl (C=O) groups excluding carboxylic acids is 1. The second-order valence-corrected chi connectivity index (χ2v) is 9.81. The lowest BCUT2D eigenvalue weighted by Crippen LogP contribution is -2.50. The summed E-state index contributed by atoms with van der Waals surface area (Å²) in [5.41, 5.74) is 0.606. The van der Waals surface area contributed by atoms with Crippen LogP contribution in [0.2, 0.25) is 0 Å². The van der Waals surface area contributed by atoms with Crippen molar-refractivity contribution in [3.05, 3.63) is 41.4 Å². The Labute approximate surface area is 163 Å². The van der Waals surface area contributed by atoms with Crippen LogP contribution >= 0.6 is 11.3 Å². The number of rotatable bonds is 4. The summed E-state index contributed by atoms with van der Waals surface area (Å²) in [6.07, 6.45) is 3.95. The van der Waals surface area contributed by atoms with Gasteiger partial charge in [-0.25, -0.2) is 13.4 Å². The summed E-state index contributed by atoms with van der Waals surface area (Å²) >= 11 is 1.22. The fourth-order valence-corrected chi connectivity index (χ4v) is 6.15. The number of hydrogen-bond donors (Lipinski definition) is 0. The zero-order valence-corrected chi connectivity index (χ0v) is 16.6. The number of aromatic nitrogens is 1. The Bertz CT molecular complexity index is 900. The lowest BCUT2D eigenvalue weighted by atomic mass is 10.2. The van der Waals surface area contributed by atoms with E-state index in [1.165, 1.54) is 15.6 Å². The minimum Gasteiger partial charge on any atom is -0.356 e. The van der Waals surface area contributed by atoms with Gasteiger partial charge >= 0.3 is 0 Å². The van der Waals surface area contributed by atoms with Gasteiger partial charge in [0.25, 0.3) is 15.9 Å². The van der Waals surface area contributed by atoms with E-state index in [-0.39, 0.29) is 5.91 Å². The molecule has 2 saturated heterocycles. The smallest absolute Gasteiger partial charge is 0.257 e. The molecule has 0 radical (unpaired) electrons. The fraction of sp³-hybridized carbons (Fsp3) is 0.444. The Hall–Kier alpha value is -1.97. The van der Waals surface area contributed by atoms with Crippen LogP contribution in [0.3, 0.4) is 0 Å². The van der Waals surface area contributed by atoms with Crippen molar-refractivity contribution in [1.29, 1.82) is 0 Å². The molecule has 0 saturated carbocycles. The Balaban J connectivity index is 1.47. The predicted octanol–water partition coefficient (Wildman–Crippen LogP) is 1.89. The molecule has 2 aliphatic rings. The molecular weight excluding hydrogens is 384 g/mol. The van der Waals surface area contributed by atoms with Gasteiger partial charge in [-0.2, -0.15) is 4.31 Å². The molecule has 0 spiro atoms. The first kappa shape index (κ1) is 18.4. The van der Waals surface area contributed by atoms with Crippen molar-refractivity contribution in [2.75, 3.05) is 44.2 Å². The number of piperazine rings is 1. The molecule has 2 aromatic rings. The third kappa shape index (κ3) is 3.59. The maximum absolute atomic E-state index is 13.1. The first-order chi connectivity index (χ1) is 13.1. The van der Waals surface area contributed by atoms with Crippen molar-refractivity contribution >= 4 is 33.1 Å². The number of sulfonamides is 1. The monoisotopic (exact) mass is 406 g/mol. The van der Waals surface area contributed by atoms with Gasteiger partial charge in [0.05, 0.1) is 5.56 Å². The van der Waals surface area contributed by atoms with Gasteiger partial charge in [0.2, 0.25) is 0 Å². The van der Waals surface area contributed by atoms with Crippen molar-refractivity contribution in [2.24, 2.45) is 0 Å². The Morgan fingerprint density at radius 2 is 1.74 bits per heavy atom. The second kappa shape index (κ2) is 7.57. The van der Waals surface area contributed by atoms with E-state index in [0.29, 0.717) is 36.0 Å². The molecular formula is C18H22N4O3S2. The average molecular weight is 407 g/mol. The highest BCUT2D eigenvalue weighted by Crippen LogP contribution is 2.25. The van der Waals surface area contributed by atoms with E-state index in [2.05, 4.69) is 9.88 Å². The molecule has 2 aliphatic heterocycles. The van der Waals surface area contributed by atoms with Crippen molar-refractivity contribution in [3.8, 4) is 0 Å². The van der Waals surface area contributed by atoms with Crippen LogP contribution in [0, 0.1) is 0 Å². The van der Waals surface area contributed by atoms with E-state index in [1.54, 1.807) is 34.7 Å². The molecule has 0 atom stereocenters. The van der Waals surface area contributed by atoms with Crippen molar-refractivity contribution in [1.82, 2.24) is 14.2 Å². The molecule has 4 heterocycles. The molecule has 144 valence electrons. The highest BCUT2D eigenvalue weighted by atomic mass is 32.2. The summed E-state index contributed by atoms with van der Waals surface area (Å²) in [5.74, 6) is 0.673. The molecule has 9 heteroatoms. The van der Waals surface area contributed by atoms with Gasteiger partial charge in [0, 0.05) is 45.5 Å². The predicted molar refractivity (Wildman–Crippen MR) is 105 cm³/mol. The van der Waals surface area contributed by atoms with E-state index < -0.39 is 10.0 Å². The minimum atomic E-state index is -3.46. The van der Waals surface area contributed by atoms with E-state index in [0.717, 1.165) is 31.7 Å². The molecule has 0 aromatic carbocycles. The standard InChI is InChI=1S/C18H22N4O3S2/c23-18(15-5-3-7-19-17(15)20-8-1-2-9-20)21-10-12-22(13-11-21)27(24,25)16-6-4-14-26-16/h3-7,14H,1-2,8-13H2. The van der Waals surface area contributed by atoms with E-state index in [1.807, 2.05) is 6.07 Å². The number of pyridine rings is 1. The Morgan fingerprint density at radius 1 is 1.00 bits per heavy atom. The largest absolute Gasteiger partial charge is 0.356 e. The summed E-state index contributed by atoms with van der Waals surface area (Å²) in [7, 11) is -3.46. The fourth-order valence-electron chi connectivity index (χ4n) is 3.58. The van der Waals surface area contributed by atoms with Crippen LogP contribution in [-0.4, -0.2) is 67.8 Å². The van der Waals surface area contributed by atoms with Crippen LogP contribution in [0.25, 0.3) is 0 Å². The summed E-state index contributed by atoms with van der Waals surface area (Å²) in [5, 5.41) is 1.76. The summed E-state index contributed by atoms with van der Waals surface area (Å²) in [4.78, 5) is 21.4. The molecule has 2 aromatic heterocycles. The topological polar surface area (TPSA) is 73.8 Å². The maximum Gasteiger partial charge on any atom is 0.257 e. The highest BCUT2D eigenvalue weighted by Gasteiger charge is 2.32. The van der Waals surface area contributed by atoms with E-state index >= 15 is 0 Å². The Kier molecular flexibility index (Phi) is 5.16. The Morgan fingerprint density at radius 3 is 2.41 bits per heavy atom. The zero-order valence-electron chi connectivity index (χ0n) is 15.0. The van der Waals surface area contributed by atoms with Crippen LogP contribution < -0.4 is 4.90 Å². The number of nitrogens with zero attached hydrogens (tertiary/aromatic N) is 4. The number of carbonyl (C=O) groups is 1. The first-order valence-corrected chi connectivity index (χ1v) is 11.4. The summed E-state index contributed by atoms with van der Waals surface area (Å²) in [6, 6.07) is 6.96. The van der Waals surface area contributed by atoms with Gasteiger partial charge in [-0.1, -0.05) is 6.07 Å². The van der Waals surface area contributed by atoms with Crippen LogP contribution in [0.4, 0.5) is 5.82 Å². The molecule has 4 rings (SSSR count). The van der Waals surface area contributed by atoms with Gasteiger partial charge in [0.1, 0.15) is 10.0 Å². The molecule has 2 fully saturated rings. The molecule has 0 aliphatic carbocycles. The molecule has 7 nitrogen and oxygen atoms in total. The molecule has 0 N–H and O–H groups in total. The third-order valence-electron chi connectivity index (χ3n) is 5.04. The maximum atomic E-state index is 13.1. The quantitative estimate of drug-likeness (QED) is 0.775. The number of thiophene rings is 1. The second-order valence-electron chi connectivity index (χ2n) is 6.70. The van der Waals surface area contributed by atoms with Crippen LogP contribution in [0.1, 0.15) is 23.2 Å². The van der Waals surface area contributed by atoms with Crippen LogP contribution in [0.15, 0.2) is 40.1 Å². The normalized spacial score (nSPS) is 18.8. The first-order valence-electron chi connectivity index (χ1n) is 9.10. The van der Waals surface area contributed by atoms with Gasteiger partial charge in [0.15, 0.2) is 0 Å². The third-order valence-corrected chi connectivity index (χ3v) is 8.31. The average Bonchev–Trinajstić information content (AvgIpc) is 3.41.